The fourth-order valence-corrected chi connectivity index (χ4v) is 11.5. The molecule has 74 heavy (non-hydrogen) atoms. The van der Waals surface area contributed by atoms with Crippen LogP contribution in [0.15, 0.2) is 127 Å². The van der Waals surface area contributed by atoms with Crippen LogP contribution >= 0.6 is 17.0 Å². The number of halogens is 2. The molecular weight excluding hydrogens is 1030 g/mol. The van der Waals surface area contributed by atoms with Crippen LogP contribution in [0.5, 0.6) is 0 Å². The van der Waals surface area contributed by atoms with Gasteiger partial charge in [-0.25, -0.2) is 0 Å². The SMILES string of the molecule is CCC(C)c1cc2c(-c3cc(C(C)C)cc(C(C)C)c3)c(C(C)(C)C)ccc2[cH-]1.CCC(C)c1cc2c(-c3cc(C(C)C)cc(C(C)C)c3)c(C(C)(C)C)ccc2[cH-]1.[Cl][Zr][Cl].[c-]1cccc2c1[Si]c1ccccc1-2. The van der Waals surface area contributed by atoms with Gasteiger partial charge in [0.1, 0.15) is 0 Å². The van der Waals surface area contributed by atoms with Crippen LogP contribution in [-0.2, 0) is 31.7 Å². The standard InChI is InChI=1S/2C29H39.C12H7Si.2ClH.Zr/c2*1-10-20(6)24-13-21-11-12-27(29(7,8)9)28(26(21)17-24)25-15-22(18(2)3)14-23(16-25)19(4)5;1-3-7-11-9(5-1)10-6-2-4-8-12(10)13-11;;;/h2*11-20H,10H2,1-9H3;1-7H;2*1H;/q3*-1;;;+2/p-2. The fraction of sp³-hybridized carbons (Fsp3) is 0.400. The van der Waals surface area contributed by atoms with Gasteiger partial charge in [0, 0.05) is 0 Å². The van der Waals surface area contributed by atoms with E-state index in [9.17, 15) is 0 Å². The van der Waals surface area contributed by atoms with Gasteiger partial charge in [-0.15, -0.1) is 74.6 Å². The third kappa shape index (κ3) is 14.0. The van der Waals surface area contributed by atoms with E-state index in [4.69, 9.17) is 17.0 Å². The molecule has 0 nitrogen and oxygen atoms in total. The summed E-state index contributed by atoms with van der Waals surface area (Å²) in [7, 11) is 10.7. The van der Waals surface area contributed by atoms with Crippen molar-refractivity contribution < 1.29 is 20.8 Å². The average Bonchev–Trinajstić information content (AvgIpc) is 4.11. The van der Waals surface area contributed by atoms with Crippen molar-refractivity contribution in [3.05, 3.63) is 178 Å². The van der Waals surface area contributed by atoms with Crippen molar-refractivity contribution in [1.82, 2.24) is 0 Å². The van der Waals surface area contributed by atoms with E-state index < -0.39 is 20.8 Å². The van der Waals surface area contributed by atoms with E-state index in [0.29, 0.717) is 35.5 Å². The molecule has 0 saturated heterocycles. The Morgan fingerprint density at radius 2 is 0.878 bits per heavy atom. The van der Waals surface area contributed by atoms with Crippen LogP contribution in [0.25, 0.3) is 54.9 Å². The van der Waals surface area contributed by atoms with Gasteiger partial charge in [0.05, 0.1) is 9.52 Å². The van der Waals surface area contributed by atoms with Crippen LogP contribution in [0, 0.1) is 6.07 Å². The molecule has 2 atom stereocenters. The summed E-state index contributed by atoms with van der Waals surface area (Å²) in [5.41, 5.74) is 20.2. The van der Waals surface area contributed by atoms with E-state index in [1.807, 2.05) is 6.07 Å². The van der Waals surface area contributed by atoms with Crippen LogP contribution in [0.4, 0.5) is 0 Å². The predicted molar refractivity (Wildman–Crippen MR) is 329 cm³/mol. The topological polar surface area (TPSA) is 0 Å². The van der Waals surface area contributed by atoms with E-state index in [0.717, 1.165) is 9.52 Å². The zero-order valence-electron chi connectivity index (χ0n) is 48.3. The third-order valence-corrected chi connectivity index (χ3v) is 16.7. The van der Waals surface area contributed by atoms with Crippen LogP contribution in [0.2, 0.25) is 0 Å². The van der Waals surface area contributed by atoms with Gasteiger partial charge in [0.25, 0.3) is 0 Å². The van der Waals surface area contributed by atoms with Crippen LogP contribution in [0.3, 0.4) is 0 Å². The van der Waals surface area contributed by atoms with Crippen LogP contribution < -0.4 is 10.4 Å². The number of benzene rings is 6. The van der Waals surface area contributed by atoms with Crippen molar-refractivity contribution in [2.75, 3.05) is 0 Å². The Hall–Kier alpha value is -3.78. The van der Waals surface area contributed by atoms with Gasteiger partial charge >= 0.3 is 37.9 Å². The molecule has 0 N–H and O–H groups in total. The second-order valence-corrected chi connectivity index (χ2v) is 29.3. The van der Waals surface area contributed by atoms with Crippen molar-refractivity contribution >= 4 is 58.5 Å². The van der Waals surface area contributed by atoms with E-state index in [1.165, 1.54) is 123 Å². The van der Waals surface area contributed by atoms with Crippen LogP contribution in [0.1, 0.15) is 217 Å². The second-order valence-electron chi connectivity index (χ2n) is 24.3. The summed E-state index contributed by atoms with van der Waals surface area (Å²) in [5.74, 6) is 3.31. The fourth-order valence-electron chi connectivity index (χ4n) is 10.2. The Bertz CT molecular complexity index is 2860. The minimum absolute atomic E-state index is 0.100. The minimum Gasteiger partial charge on any atom is -0.184 e. The van der Waals surface area contributed by atoms with Crippen LogP contribution in [-0.4, -0.2) is 9.52 Å². The van der Waals surface area contributed by atoms with Crippen molar-refractivity contribution in [2.45, 2.75) is 184 Å². The summed E-state index contributed by atoms with van der Waals surface area (Å²) in [6, 6.07) is 51.9. The first-order valence-electron chi connectivity index (χ1n) is 27.5. The minimum atomic E-state index is -0.826. The Morgan fingerprint density at radius 3 is 1.24 bits per heavy atom. The van der Waals surface area contributed by atoms with Crippen molar-refractivity contribution in [1.29, 1.82) is 0 Å². The van der Waals surface area contributed by atoms with Crippen molar-refractivity contribution in [3.8, 4) is 33.4 Å². The van der Waals surface area contributed by atoms with Crippen molar-refractivity contribution in [2.24, 2.45) is 0 Å². The van der Waals surface area contributed by atoms with Crippen molar-refractivity contribution in [3.63, 3.8) is 0 Å². The summed E-state index contributed by atoms with van der Waals surface area (Å²) >= 11 is -0.826. The quantitative estimate of drug-likeness (QED) is 0.0946. The first kappa shape index (κ1) is 59.5. The molecule has 2 unspecified atom stereocenters. The molecule has 1 aliphatic heterocycles. The van der Waals surface area contributed by atoms with Gasteiger partial charge in [-0.1, -0.05) is 231 Å². The maximum atomic E-state index is 4.93. The molecule has 0 spiro atoms. The number of hydrogen-bond acceptors (Lipinski definition) is 0. The van der Waals surface area contributed by atoms with E-state index >= 15 is 0 Å². The van der Waals surface area contributed by atoms with E-state index in [-0.39, 0.29) is 10.8 Å². The van der Waals surface area contributed by atoms with Gasteiger partial charge in [-0.3, -0.25) is 0 Å². The molecule has 0 fully saturated rings. The van der Waals surface area contributed by atoms with Gasteiger partial charge in [0.2, 0.25) is 0 Å². The van der Waals surface area contributed by atoms with E-state index in [1.54, 1.807) is 0 Å². The molecule has 0 aliphatic carbocycles. The molecule has 0 aromatic heterocycles. The normalized spacial score (nSPS) is 13.0. The maximum Gasteiger partial charge on any atom is 0.0920 e. The summed E-state index contributed by atoms with van der Waals surface area (Å²) in [4.78, 5) is 0. The Balaban J connectivity index is 0.000000186. The maximum absolute atomic E-state index is 4.93. The van der Waals surface area contributed by atoms with Gasteiger partial charge in [-0.2, -0.15) is 41.6 Å². The molecule has 9 rings (SSSR count). The smallest absolute Gasteiger partial charge is 0.0920 e. The molecule has 0 bridgehead atoms. The Labute approximate surface area is 470 Å². The number of fused-ring (bicyclic) bond motifs is 5. The zero-order chi connectivity index (χ0) is 54.4. The molecule has 8 aromatic carbocycles. The first-order valence-corrected chi connectivity index (χ1v) is 34.9. The third-order valence-electron chi connectivity index (χ3n) is 15.3. The number of rotatable bonds is 10. The Morgan fingerprint density at radius 1 is 0.500 bits per heavy atom. The molecule has 1 heterocycles. The molecule has 1 aliphatic rings. The zero-order valence-corrected chi connectivity index (χ0v) is 53.2. The van der Waals surface area contributed by atoms with Gasteiger partial charge in [0.15, 0.2) is 0 Å². The number of hydrogen-bond donors (Lipinski definition) is 0. The molecule has 0 amide bonds. The molecule has 0 saturated carbocycles. The summed E-state index contributed by atoms with van der Waals surface area (Å²) in [5, 5.41) is 8.42. The average molecular weight is 1120 g/mol. The molecular formula is C70H85Cl2SiZr-3. The van der Waals surface area contributed by atoms with Gasteiger partial charge in [-0.05, 0) is 79.7 Å². The molecule has 2 radical (unpaired) electrons. The summed E-state index contributed by atoms with van der Waals surface area (Å²) in [6.07, 6.45) is 2.36. The molecule has 390 valence electrons. The second kappa shape index (κ2) is 25.6. The Kier molecular flexibility index (Phi) is 20.6. The first-order chi connectivity index (χ1) is 34.9. The monoisotopic (exact) mass is 1110 g/mol. The van der Waals surface area contributed by atoms with Gasteiger partial charge < -0.3 is 0 Å². The molecule has 8 aromatic rings. The predicted octanol–water partition coefficient (Wildman–Crippen LogP) is 21.1. The largest absolute Gasteiger partial charge is 0.184 e. The summed E-state index contributed by atoms with van der Waals surface area (Å²) in [6.45, 7) is 41.7. The molecule has 4 heteroatoms. The summed E-state index contributed by atoms with van der Waals surface area (Å²) < 4.78 is 0. The van der Waals surface area contributed by atoms with E-state index in [2.05, 4.69) is 252 Å².